The zero-order valence-electron chi connectivity index (χ0n) is 17.3. The van der Waals surface area contributed by atoms with Crippen molar-refractivity contribution in [1.82, 2.24) is 4.90 Å². The Labute approximate surface area is 178 Å². The quantitative estimate of drug-likeness (QED) is 0.551. The van der Waals surface area contributed by atoms with Crippen molar-refractivity contribution in [2.24, 2.45) is 0 Å². The average molecular weight is 402 g/mol. The van der Waals surface area contributed by atoms with Gasteiger partial charge in [0.15, 0.2) is 0 Å². The predicted molar refractivity (Wildman–Crippen MR) is 118 cm³/mol. The molecule has 1 saturated heterocycles. The van der Waals surface area contributed by atoms with Crippen molar-refractivity contribution < 1.29 is 14.3 Å². The van der Waals surface area contributed by atoms with Crippen molar-refractivity contribution in [1.29, 1.82) is 0 Å². The maximum atomic E-state index is 13.1. The van der Waals surface area contributed by atoms with Crippen LogP contribution < -0.4 is 9.47 Å². The zero-order chi connectivity index (χ0) is 20.8. The molecule has 0 aromatic heterocycles. The SMILES string of the molecule is COc1cccc(CC2CCCN2C(=O)c2ccc(COc3ccccc3)cc2)c1. The minimum atomic E-state index is 0.107. The van der Waals surface area contributed by atoms with Crippen molar-refractivity contribution in [3.63, 3.8) is 0 Å². The lowest BCUT2D eigenvalue weighted by atomic mass is 10.0. The molecular formula is C26H27NO3. The zero-order valence-corrected chi connectivity index (χ0v) is 17.3. The fourth-order valence-corrected chi connectivity index (χ4v) is 3.98. The van der Waals surface area contributed by atoms with Gasteiger partial charge < -0.3 is 14.4 Å². The first kappa shape index (κ1) is 20.0. The van der Waals surface area contributed by atoms with Crippen molar-refractivity contribution in [2.75, 3.05) is 13.7 Å². The Morgan fingerprint density at radius 3 is 2.47 bits per heavy atom. The molecule has 1 atom stereocenters. The molecule has 0 spiro atoms. The van der Waals surface area contributed by atoms with Gasteiger partial charge in [0.25, 0.3) is 5.91 Å². The topological polar surface area (TPSA) is 38.8 Å². The van der Waals surface area contributed by atoms with E-state index in [0.717, 1.165) is 48.4 Å². The number of amides is 1. The van der Waals surface area contributed by atoms with Gasteiger partial charge in [0.2, 0.25) is 0 Å². The molecular weight excluding hydrogens is 374 g/mol. The third kappa shape index (κ3) is 4.82. The molecule has 1 aliphatic heterocycles. The maximum absolute atomic E-state index is 13.1. The Morgan fingerprint density at radius 2 is 1.70 bits per heavy atom. The second-order valence-corrected chi connectivity index (χ2v) is 7.65. The van der Waals surface area contributed by atoms with Crippen LogP contribution in [0.1, 0.15) is 34.3 Å². The summed E-state index contributed by atoms with van der Waals surface area (Å²) in [5, 5.41) is 0. The van der Waals surface area contributed by atoms with Gasteiger partial charge in [-0.2, -0.15) is 0 Å². The summed E-state index contributed by atoms with van der Waals surface area (Å²) in [5.74, 6) is 1.81. The first-order valence-electron chi connectivity index (χ1n) is 10.4. The van der Waals surface area contributed by atoms with Crippen molar-refractivity contribution in [3.8, 4) is 11.5 Å². The highest BCUT2D eigenvalue weighted by Crippen LogP contribution is 2.25. The molecule has 0 bridgehead atoms. The number of hydrogen-bond donors (Lipinski definition) is 0. The molecule has 4 heteroatoms. The highest BCUT2D eigenvalue weighted by Gasteiger charge is 2.29. The minimum absolute atomic E-state index is 0.107. The molecule has 1 aliphatic rings. The van der Waals surface area contributed by atoms with Gasteiger partial charge in [0.05, 0.1) is 7.11 Å². The second kappa shape index (κ2) is 9.49. The van der Waals surface area contributed by atoms with Gasteiger partial charge in [-0.05, 0) is 66.8 Å². The number of ether oxygens (including phenoxy) is 2. The molecule has 0 saturated carbocycles. The third-order valence-electron chi connectivity index (χ3n) is 5.59. The van der Waals surface area contributed by atoms with Gasteiger partial charge in [-0.3, -0.25) is 4.79 Å². The fraction of sp³-hybridized carbons (Fsp3) is 0.269. The van der Waals surface area contributed by atoms with E-state index in [4.69, 9.17) is 9.47 Å². The molecule has 1 fully saturated rings. The van der Waals surface area contributed by atoms with Gasteiger partial charge in [-0.25, -0.2) is 0 Å². The van der Waals surface area contributed by atoms with Crippen molar-refractivity contribution in [2.45, 2.75) is 31.9 Å². The van der Waals surface area contributed by atoms with E-state index in [9.17, 15) is 4.79 Å². The van der Waals surface area contributed by atoms with E-state index in [2.05, 4.69) is 12.1 Å². The lowest BCUT2D eigenvalue weighted by molar-refractivity contribution is 0.0736. The van der Waals surface area contributed by atoms with Gasteiger partial charge >= 0.3 is 0 Å². The molecule has 3 aromatic rings. The van der Waals surface area contributed by atoms with Gasteiger partial charge in [0, 0.05) is 18.2 Å². The number of rotatable bonds is 7. The van der Waals surface area contributed by atoms with Crippen LogP contribution in [-0.4, -0.2) is 30.5 Å². The van der Waals surface area contributed by atoms with E-state index in [1.807, 2.05) is 71.6 Å². The van der Waals surface area contributed by atoms with Crippen LogP contribution in [0, 0.1) is 0 Å². The Morgan fingerprint density at radius 1 is 0.933 bits per heavy atom. The highest BCUT2D eigenvalue weighted by molar-refractivity contribution is 5.94. The Kier molecular flexibility index (Phi) is 6.33. The molecule has 30 heavy (non-hydrogen) atoms. The van der Waals surface area contributed by atoms with Gasteiger partial charge in [0.1, 0.15) is 18.1 Å². The first-order chi connectivity index (χ1) is 14.7. The number of hydrogen-bond acceptors (Lipinski definition) is 3. The Balaban J connectivity index is 1.39. The van der Waals surface area contributed by atoms with E-state index < -0.39 is 0 Å². The molecule has 0 N–H and O–H groups in total. The second-order valence-electron chi connectivity index (χ2n) is 7.65. The summed E-state index contributed by atoms with van der Waals surface area (Å²) in [4.78, 5) is 15.2. The molecule has 1 unspecified atom stereocenters. The first-order valence-corrected chi connectivity index (χ1v) is 10.4. The summed E-state index contributed by atoms with van der Waals surface area (Å²) in [6, 6.07) is 25.9. The van der Waals surface area contributed by atoms with Crippen LogP contribution in [0.15, 0.2) is 78.9 Å². The van der Waals surface area contributed by atoms with Crippen LogP contribution in [0.4, 0.5) is 0 Å². The standard InChI is InChI=1S/C26H27NO3/c1-29-25-11-5-7-21(18-25)17-23-8-6-16-27(23)26(28)22-14-12-20(13-15-22)19-30-24-9-3-2-4-10-24/h2-5,7,9-15,18,23H,6,8,16-17,19H2,1H3. The molecule has 1 amide bonds. The van der Waals surface area contributed by atoms with Crippen LogP contribution in [0.2, 0.25) is 0 Å². The Bertz CT molecular complexity index is 969. The molecule has 0 aliphatic carbocycles. The number of nitrogens with zero attached hydrogens (tertiary/aromatic N) is 1. The Hall–Kier alpha value is -3.27. The lowest BCUT2D eigenvalue weighted by Gasteiger charge is -2.25. The smallest absolute Gasteiger partial charge is 0.254 e. The molecule has 4 nitrogen and oxygen atoms in total. The fourth-order valence-electron chi connectivity index (χ4n) is 3.98. The molecule has 1 heterocycles. The summed E-state index contributed by atoms with van der Waals surface area (Å²) in [6.45, 7) is 1.30. The van der Waals surface area contributed by atoms with E-state index >= 15 is 0 Å². The normalized spacial score (nSPS) is 15.8. The number of benzene rings is 3. The summed E-state index contributed by atoms with van der Waals surface area (Å²) < 4.78 is 11.1. The number of para-hydroxylation sites is 1. The number of carbonyl (C=O) groups excluding carboxylic acids is 1. The maximum Gasteiger partial charge on any atom is 0.254 e. The number of likely N-dealkylation sites (tertiary alicyclic amines) is 1. The lowest BCUT2D eigenvalue weighted by Crippen LogP contribution is -2.36. The van der Waals surface area contributed by atoms with Crippen molar-refractivity contribution in [3.05, 3.63) is 95.6 Å². The number of methoxy groups -OCH3 is 1. The molecule has 4 rings (SSSR count). The van der Waals surface area contributed by atoms with Gasteiger partial charge in [-0.15, -0.1) is 0 Å². The van der Waals surface area contributed by atoms with Crippen molar-refractivity contribution >= 4 is 5.91 Å². The van der Waals surface area contributed by atoms with E-state index in [-0.39, 0.29) is 11.9 Å². The van der Waals surface area contributed by atoms with Crippen LogP contribution in [0.3, 0.4) is 0 Å². The van der Waals surface area contributed by atoms with Crippen LogP contribution >= 0.6 is 0 Å². The average Bonchev–Trinajstić information content (AvgIpc) is 3.26. The third-order valence-corrected chi connectivity index (χ3v) is 5.59. The minimum Gasteiger partial charge on any atom is -0.497 e. The number of carbonyl (C=O) groups is 1. The van der Waals surface area contributed by atoms with E-state index in [0.29, 0.717) is 6.61 Å². The summed E-state index contributed by atoms with van der Waals surface area (Å²) >= 11 is 0. The van der Waals surface area contributed by atoms with E-state index in [1.54, 1.807) is 7.11 Å². The molecule has 154 valence electrons. The predicted octanol–water partition coefficient (Wildman–Crippen LogP) is 5.12. The largest absolute Gasteiger partial charge is 0.497 e. The van der Waals surface area contributed by atoms with E-state index in [1.165, 1.54) is 5.56 Å². The van der Waals surface area contributed by atoms with Crippen LogP contribution in [0.25, 0.3) is 0 Å². The highest BCUT2D eigenvalue weighted by atomic mass is 16.5. The summed E-state index contributed by atoms with van der Waals surface area (Å²) in [5.41, 5.74) is 2.98. The van der Waals surface area contributed by atoms with Crippen LogP contribution in [0.5, 0.6) is 11.5 Å². The van der Waals surface area contributed by atoms with Gasteiger partial charge in [-0.1, -0.05) is 42.5 Å². The summed E-state index contributed by atoms with van der Waals surface area (Å²) in [6.07, 6.45) is 2.93. The molecule has 3 aromatic carbocycles. The summed E-state index contributed by atoms with van der Waals surface area (Å²) in [7, 11) is 1.68. The van der Waals surface area contributed by atoms with Crippen LogP contribution in [-0.2, 0) is 13.0 Å². The monoisotopic (exact) mass is 401 g/mol. The molecule has 0 radical (unpaired) electrons.